The van der Waals surface area contributed by atoms with Crippen molar-refractivity contribution in [1.29, 1.82) is 0 Å². The van der Waals surface area contributed by atoms with Crippen molar-refractivity contribution in [2.75, 3.05) is 18.0 Å². The first-order valence-electron chi connectivity index (χ1n) is 11.9. The summed E-state index contributed by atoms with van der Waals surface area (Å²) in [5.41, 5.74) is 5.27. The molecule has 0 radical (unpaired) electrons. The third-order valence-corrected chi connectivity index (χ3v) is 5.43. The van der Waals surface area contributed by atoms with Gasteiger partial charge < -0.3 is 14.4 Å². The number of rotatable bonds is 9. The SMILES string of the molecule is C=O.CCN(CC)c1ccc(N=Nc2ccc(N=Nc3ccc(Oc4ccncc4)cc3)c(C)c2)cc1. The van der Waals surface area contributed by atoms with Crippen molar-refractivity contribution in [3.8, 4) is 11.5 Å². The van der Waals surface area contributed by atoms with E-state index in [9.17, 15) is 0 Å². The highest BCUT2D eigenvalue weighted by molar-refractivity contribution is 5.55. The molecule has 3 aromatic carbocycles. The van der Waals surface area contributed by atoms with E-state index in [4.69, 9.17) is 9.53 Å². The summed E-state index contributed by atoms with van der Waals surface area (Å²) in [4.78, 5) is 14.3. The highest BCUT2D eigenvalue weighted by atomic mass is 16.5. The summed E-state index contributed by atoms with van der Waals surface area (Å²) >= 11 is 0. The molecule has 0 saturated heterocycles. The van der Waals surface area contributed by atoms with E-state index in [0.29, 0.717) is 0 Å². The molecular weight excluding hydrogens is 464 g/mol. The van der Waals surface area contributed by atoms with Crippen molar-refractivity contribution >= 4 is 35.2 Å². The van der Waals surface area contributed by atoms with Gasteiger partial charge in [-0.15, -0.1) is 0 Å². The number of aromatic nitrogens is 1. The Hall–Kier alpha value is -4.72. The molecular formula is C29H30N6O2. The number of azo groups is 2. The zero-order valence-corrected chi connectivity index (χ0v) is 21.3. The summed E-state index contributed by atoms with van der Waals surface area (Å²) in [5, 5.41) is 17.5. The Kier molecular flexibility index (Phi) is 10.2. The predicted octanol–water partition coefficient (Wildman–Crippen LogP) is 8.67. The van der Waals surface area contributed by atoms with Crippen LogP contribution in [0.15, 0.2) is 112 Å². The van der Waals surface area contributed by atoms with Crippen LogP contribution in [0.3, 0.4) is 0 Å². The minimum atomic E-state index is 0.726. The number of pyridine rings is 1. The predicted molar refractivity (Wildman–Crippen MR) is 147 cm³/mol. The summed E-state index contributed by atoms with van der Waals surface area (Å²) in [6, 6.07) is 24.9. The molecule has 0 bridgehead atoms. The Morgan fingerprint density at radius 3 is 1.81 bits per heavy atom. The van der Waals surface area contributed by atoms with Crippen LogP contribution in [-0.4, -0.2) is 24.9 Å². The Bertz CT molecular complexity index is 1300. The third-order valence-electron chi connectivity index (χ3n) is 5.43. The number of carbonyl (C=O) groups excluding carboxylic acids is 1. The van der Waals surface area contributed by atoms with Gasteiger partial charge in [-0.25, -0.2) is 0 Å². The normalized spacial score (nSPS) is 10.8. The maximum atomic E-state index is 8.00. The van der Waals surface area contributed by atoms with E-state index in [1.807, 2.05) is 80.4 Å². The van der Waals surface area contributed by atoms with E-state index in [-0.39, 0.29) is 0 Å². The van der Waals surface area contributed by atoms with E-state index in [0.717, 1.165) is 52.9 Å². The molecule has 188 valence electrons. The summed E-state index contributed by atoms with van der Waals surface area (Å²) in [7, 11) is 0. The quantitative estimate of drug-likeness (QED) is 0.218. The van der Waals surface area contributed by atoms with Crippen LogP contribution in [0, 0.1) is 6.92 Å². The number of anilines is 1. The van der Waals surface area contributed by atoms with E-state index >= 15 is 0 Å². The van der Waals surface area contributed by atoms with Crippen LogP contribution < -0.4 is 9.64 Å². The molecule has 0 N–H and O–H groups in total. The first-order valence-corrected chi connectivity index (χ1v) is 11.9. The van der Waals surface area contributed by atoms with Gasteiger partial charge >= 0.3 is 0 Å². The van der Waals surface area contributed by atoms with Gasteiger partial charge in [0.2, 0.25) is 0 Å². The lowest BCUT2D eigenvalue weighted by atomic mass is 10.2. The van der Waals surface area contributed by atoms with Crippen molar-refractivity contribution in [3.05, 3.63) is 96.8 Å². The highest BCUT2D eigenvalue weighted by Crippen LogP contribution is 2.29. The van der Waals surface area contributed by atoms with Crippen molar-refractivity contribution in [3.63, 3.8) is 0 Å². The Balaban J connectivity index is 0.00000186. The first kappa shape index (κ1) is 26.9. The van der Waals surface area contributed by atoms with Crippen LogP contribution >= 0.6 is 0 Å². The second-order valence-electron chi connectivity index (χ2n) is 7.84. The van der Waals surface area contributed by atoms with Gasteiger partial charge in [-0.05, 0) is 105 Å². The van der Waals surface area contributed by atoms with Gasteiger partial charge in [-0.3, -0.25) is 4.98 Å². The van der Waals surface area contributed by atoms with Crippen molar-refractivity contribution in [2.45, 2.75) is 20.8 Å². The number of hydrogen-bond acceptors (Lipinski definition) is 8. The molecule has 8 heteroatoms. The lowest BCUT2D eigenvalue weighted by Crippen LogP contribution is -2.21. The molecule has 0 atom stereocenters. The molecule has 0 fully saturated rings. The molecule has 37 heavy (non-hydrogen) atoms. The summed E-state index contributed by atoms with van der Waals surface area (Å²) in [6.07, 6.45) is 3.38. The van der Waals surface area contributed by atoms with Crippen molar-refractivity contribution < 1.29 is 9.53 Å². The number of hydrogen-bond donors (Lipinski definition) is 0. The van der Waals surface area contributed by atoms with Crippen molar-refractivity contribution in [1.82, 2.24) is 4.98 Å². The van der Waals surface area contributed by atoms with Crippen LogP contribution in [0.1, 0.15) is 19.4 Å². The van der Waals surface area contributed by atoms with E-state index in [2.05, 4.69) is 56.3 Å². The number of ether oxygens (including phenoxy) is 1. The van der Waals surface area contributed by atoms with Crippen LogP contribution in [0.5, 0.6) is 11.5 Å². The number of aryl methyl sites for hydroxylation is 1. The molecule has 1 aromatic heterocycles. The molecule has 4 aromatic rings. The average Bonchev–Trinajstić information content (AvgIpc) is 2.95. The van der Waals surface area contributed by atoms with Gasteiger partial charge in [0.25, 0.3) is 0 Å². The van der Waals surface area contributed by atoms with Gasteiger partial charge in [0.05, 0.1) is 22.7 Å². The Morgan fingerprint density at radius 1 is 0.703 bits per heavy atom. The lowest BCUT2D eigenvalue weighted by molar-refractivity contribution is -0.0979. The number of benzene rings is 3. The van der Waals surface area contributed by atoms with E-state index in [1.54, 1.807) is 12.4 Å². The molecule has 0 unspecified atom stereocenters. The average molecular weight is 495 g/mol. The first-order chi connectivity index (χ1) is 18.1. The molecule has 0 spiro atoms. The fraction of sp³-hybridized carbons (Fsp3) is 0.172. The van der Waals surface area contributed by atoms with E-state index < -0.39 is 0 Å². The minimum absolute atomic E-state index is 0.726. The van der Waals surface area contributed by atoms with Crippen LogP contribution in [0.25, 0.3) is 0 Å². The molecule has 0 amide bonds. The fourth-order valence-electron chi connectivity index (χ4n) is 3.48. The smallest absolute Gasteiger partial charge is 0.130 e. The zero-order valence-electron chi connectivity index (χ0n) is 21.3. The lowest BCUT2D eigenvalue weighted by Gasteiger charge is -2.20. The Morgan fingerprint density at radius 2 is 1.22 bits per heavy atom. The number of nitrogens with zero attached hydrogens (tertiary/aromatic N) is 6. The van der Waals surface area contributed by atoms with Crippen LogP contribution in [0.4, 0.5) is 28.4 Å². The summed E-state index contributed by atoms with van der Waals surface area (Å²) < 4.78 is 5.78. The molecule has 0 saturated carbocycles. The van der Waals surface area contributed by atoms with Gasteiger partial charge in [0.15, 0.2) is 0 Å². The van der Waals surface area contributed by atoms with E-state index in [1.165, 1.54) is 5.69 Å². The summed E-state index contributed by atoms with van der Waals surface area (Å²) in [6.45, 7) is 10.2. The third kappa shape index (κ3) is 7.90. The van der Waals surface area contributed by atoms with Gasteiger partial charge in [-0.1, -0.05) is 0 Å². The second kappa shape index (κ2) is 14.0. The standard InChI is InChI=1S/C28H28N6O.CH2O/c1-4-34(5-2)25-11-6-22(7-12-25)30-32-24-10-15-28(21(3)20-24)33-31-23-8-13-26(14-9-23)35-27-16-18-29-19-17-27;1-2/h6-20H,4-5H2,1-3H3;1H2. The molecule has 0 aliphatic rings. The van der Waals surface area contributed by atoms with Gasteiger partial charge in [0, 0.05) is 31.2 Å². The van der Waals surface area contributed by atoms with Crippen LogP contribution in [-0.2, 0) is 4.79 Å². The van der Waals surface area contributed by atoms with Gasteiger partial charge in [0.1, 0.15) is 18.3 Å². The Labute approximate surface area is 217 Å². The van der Waals surface area contributed by atoms with Crippen LogP contribution in [0.2, 0.25) is 0 Å². The monoisotopic (exact) mass is 494 g/mol. The molecule has 0 aliphatic heterocycles. The topological polar surface area (TPSA) is 91.9 Å². The minimum Gasteiger partial charge on any atom is -0.457 e. The summed E-state index contributed by atoms with van der Waals surface area (Å²) in [5.74, 6) is 1.46. The van der Waals surface area contributed by atoms with Crippen molar-refractivity contribution in [2.24, 2.45) is 20.5 Å². The second-order valence-corrected chi connectivity index (χ2v) is 7.84. The maximum absolute atomic E-state index is 8.00. The fourth-order valence-corrected chi connectivity index (χ4v) is 3.48. The molecule has 8 nitrogen and oxygen atoms in total. The largest absolute Gasteiger partial charge is 0.457 e. The maximum Gasteiger partial charge on any atom is 0.130 e. The molecule has 4 rings (SSSR count). The number of carbonyl (C=O) groups is 1. The highest BCUT2D eigenvalue weighted by Gasteiger charge is 2.03. The zero-order chi connectivity index (χ0) is 26.5. The molecule has 1 heterocycles. The van der Waals surface area contributed by atoms with Gasteiger partial charge in [-0.2, -0.15) is 20.5 Å². The molecule has 0 aliphatic carbocycles.